The summed E-state index contributed by atoms with van der Waals surface area (Å²) in [5.74, 6) is 0.874. The number of rotatable bonds is 2. The highest BCUT2D eigenvalue weighted by atomic mass is 35.5. The molecule has 1 atom stereocenters. The summed E-state index contributed by atoms with van der Waals surface area (Å²) >= 11 is 7.49. The summed E-state index contributed by atoms with van der Waals surface area (Å²) in [7, 11) is 0. The van der Waals surface area contributed by atoms with Crippen molar-refractivity contribution in [3.8, 4) is 0 Å². The van der Waals surface area contributed by atoms with E-state index < -0.39 is 5.82 Å². The van der Waals surface area contributed by atoms with Gasteiger partial charge in [0.1, 0.15) is 5.82 Å². The molecule has 2 rings (SSSR count). The molecule has 2 N–H and O–H groups in total. The average molecular weight is 261 g/mol. The van der Waals surface area contributed by atoms with E-state index in [1.165, 1.54) is 18.2 Å². The third-order valence-electron chi connectivity index (χ3n) is 2.22. The Morgan fingerprint density at radius 1 is 1.62 bits per heavy atom. The number of amides is 1. The second kappa shape index (κ2) is 5.03. The van der Waals surface area contributed by atoms with Crippen LogP contribution in [0.25, 0.3) is 0 Å². The molecule has 0 aliphatic carbocycles. The van der Waals surface area contributed by atoms with Gasteiger partial charge in [0.15, 0.2) is 0 Å². The highest BCUT2D eigenvalue weighted by Crippen LogP contribution is 2.23. The van der Waals surface area contributed by atoms with Crippen LogP contribution >= 0.6 is 23.4 Å². The third-order valence-corrected chi connectivity index (χ3v) is 3.49. The van der Waals surface area contributed by atoms with Gasteiger partial charge in [-0.25, -0.2) is 4.39 Å². The number of hydrogen-bond donors (Lipinski definition) is 2. The highest BCUT2D eigenvalue weighted by molar-refractivity contribution is 7.99. The van der Waals surface area contributed by atoms with Gasteiger partial charge in [0.25, 0.3) is 0 Å². The van der Waals surface area contributed by atoms with Crippen molar-refractivity contribution in [2.24, 2.45) is 0 Å². The van der Waals surface area contributed by atoms with Gasteiger partial charge in [0.2, 0.25) is 5.91 Å². The van der Waals surface area contributed by atoms with E-state index in [2.05, 4.69) is 10.6 Å². The molecule has 1 heterocycles. The fraction of sp³-hybridized carbons (Fsp3) is 0.300. The summed E-state index contributed by atoms with van der Waals surface area (Å²) < 4.78 is 12.9. The quantitative estimate of drug-likeness (QED) is 0.856. The van der Waals surface area contributed by atoms with Crippen molar-refractivity contribution in [3.05, 3.63) is 29.0 Å². The molecule has 86 valence electrons. The van der Waals surface area contributed by atoms with E-state index >= 15 is 0 Å². The number of thioether (sulfide) groups is 1. The number of anilines is 1. The first kappa shape index (κ1) is 11.7. The molecule has 0 aromatic heterocycles. The summed E-state index contributed by atoms with van der Waals surface area (Å²) in [5, 5.41) is 5.96. The van der Waals surface area contributed by atoms with Crippen LogP contribution in [-0.2, 0) is 4.79 Å². The smallest absolute Gasteiger partial charge is 0.242 e. The third kappa shape index (κ3) is 2.66. The fourth-order valence-corrected chi connectivity index (χ4v) is 2.48. The maximum absolute atomic E-state index is 12.9. The molecule has 1 aliphatic heterocycles. The van der Waals surface area contributed by atoms with Crippen LogP contribution in [0.5, 0.6) is 0 Å². The minimum atomic E-state index is -0.423. The van der Waals surface area contributed by atoms with E-state index in [1.54, 1.807) is 11.8 Å². The van der Waals surface area contributed by atoms with E-state index in [1.807, 2.05) is 0 Å². The minimum Gasteiger partial charge on any atom is -0.323 e. The molecule has 0 bridgehead atoms. The lowest BCUT2D eigenvalue weighted by atomic mass is 10.2. The van der Waals surface area contributed by atoms with Gasteiger partial charge in [-0.3, -0.25) is 10.1 Å². The molecule has 1 fully saturated rings. The topological polar surface area (TPSA) is 41.1 Å². The van der Waals surface area contributed by atoms with Crippen molar-refractivity contribution in [1.82, 2.24) is 5.32 Å². The Morgan fingerprint density at radius 3 is 3.12 bits per heavy atom. The first-order valence-electron chi connectivity index (χ1n) is 4.74. The van der Waals surface area contributed by atoms with Crippen LogP contribution in [0.15, 0.2) is 18.2 Å². The summed E-state index contributed by atoms with van der Waals surface area (Å²) in [6, 6.07) is 3.65. The zero-order valence-electron chi connectivity index (χ0n) is 8.30. The van der Waals surface area contributed by atoms with Crippen LogP contribution in [0.2, 0.25) is 5.02 Å². The maximum Gasteiger partial charge on any atom is 0.242 e. The molecular weight excluding hydrogens is 251 g/mol. The Labute approximate surface area is 102 Å². The number of nitrogens with one attached hydrogen (secondary N) is 2. The summed E-state index contributed by atoms with van der Waals surface area (Å²) in [4.78, 5) is 11.7. The molecule has 16 heavy (non-hydrogen) atoms. The maximum atomic E-state index is 12.9. The second-order valence-electron chi connectivity index (χ2n) is 3.39. The van der Waals surface area contributed by atoms with Gasteiger partial charge in [-0.1, -0.05) is 11.6 Å². The monoisotopic (exact) mass is 260 g/mol. The van der Waals surface area contributed by atoms with Crippen LogP contribution in [0.3, 0.4) is 0 Å². The summed E-state index contributed by atoms with van der Waals surface area (Å²) in [6.45, 7) is 0. The van der Waals surface area contributed by atoms with Crippen molar-refractivity contribution < 1.29 is 9.18 Å². The van der Waals surface area contributed by atoms with Gasteiger partial charge in [-0.2, -0.15) is 0 Å². The van der Waals surface area contributed by atoms with Crippen LogP contribution in [0, 0.1) is 5.82 Å². The Hall–Kier alpha value is -0.780. The molecule has 0 saturated carbocycles. The predicted octanol–water partition coefficient (Wildman–Crippen LogP) is 2.08. The van der Waals surface area contributed by atoms with Crippen LogP contribution in [-0.4, -0.2) is 23.6 Å². The molecule has 3 nitrogen and oxygen atoms in total. The number of carbonyl (C=O) groups excluding carboxylic acids is 1. The van der Waals surface area contributed by atoms with Crippen molar-refractivity contribution >= 4 is 35.0 Å². The van der Waals surface area contributed by atoms with E-state index in [9.17, 15) is 9.18 Å². The second-order valence-corrected chi connectivity index (χ2v) is 4.82. The van der Waals surface area contributed by atoms with E-state index in [4.69, 9.17) is 11.6 Å². The molecule has 1 aliphatic rings. The van der Waals surface area contributed by atoms with E-state index in [0.29, 0.717) is 10.7 Å². The SMILES string of the molecule is O=C(Nc1cc(F)ccc1Cl)C1CSCN1. The van der Waals surface area contributed by atoms with Crippen LogP contribution in [0.4, 0.5) is 10.1 Å². The Kier molecular flexibility index (Phi) is 3.68. The molecule has 1 aromatic carbocycles. The van der Waals surface area contributed by atoms with Crippen LogP contribution in [0.1, 0.15) is 0 Å². The number of hydrogen-bond acceptors (Lipinski definition) is 3. The van der Waals surface area contributed by atoms with Crippen molar-refractivity contribution in [2.75, 3.05) is 16.9 Å². The Morgan fingerprint density at radius 2 is 2.44 bits per heavy atom. The van der Waals surface area contributed by atoms with E-state index in [-0.39, 0.29) is 11.9 Å². The molecule has 1 saturated heterocycles. The number of carbonyl (C=O) groups is 1. The highest BCUT2D eigenvalue weighted by Gasteiger charge is 2.22. The lowest BCUT2D eigenvalue weighted by Crippen LogP contribution is -2.37. The number of halogens is 2. The van der Waals surface area contributed by atoms with Gasteiger partial charge in [0, 0.05) is 11.6 Å². The molecule has 0 radical (unpaired) electrons. The predicted molar refractivity (Wildman–Crippen MR) is 64.3 cm³/mol. The van der Waals surface area contributed by atoms with Gasteiger partial charge < -0.3 is 5.32 Å². The molecule has 1 aromatic rings. The van der Waals surface area contributed by atoms with Crippen molar-refractivity contribution in [1.29, 1.82) is 0 Å². The Balaban J connectivity index is 2.07. The first-order valence-corrected chi connectivity index (χ1v) is 6.27. The largest absolute Gasteiger partial charge is 0.323 e. The van der Waals surface area contributed by atoms with Crippen molar-refractivity contribution in [2.45, 2.75) is 6.04 Å². The molecule has 1 unspecified atom stereocenters. The molecule has 0 spiro atoms. The lowest BCUT2D eigenvalue weighted by molar-refractivity contribution is -0.117. The van der Waals surface area contributed by atoms with Crippen molar-refractivity contribution in [3.63, 3.8) is 0 Å². The van der Waals surface area contributed by atoms with Gasteiger partial charge >= 0.3 is 0 Å². The van der Waals surface area contributed by atoms with Gasteiger partial charge in [-0.05, 0) is 18.2 Å². The standard InChI is InChI=1S/C10H10ClFN2OS/c11-7-2-1-6(12)3-8(7)14-10(15)9-4-16-5-13-9/h1-3,9,13H,4-5H2,(H,14,15). The summed E-state index contributed by atoms with van der Waals surface area (Å²) in [5.41, 5.74) is 0.311. The normalized spacial score (nSPS) is 19.8. The number of benzene rings is 1. The molecule has 6 heteroatoms. The summed E-state index contributed by atoms with van der Waals surface area (Å²) in [6.07, 6.45) is 0. The zero-order chi connectivity index (χ0) is 11.5. The lowest BCUT2D eigenvalue weighted by Gasteiger charge is -2.11. The fourth-order valence-electron chi connectivity index (χ4n) is 1.38. The first-order chi connectivity index (χ1) is 7.66. The average Bonchev–Trinajstić information content (AvgIpc) is 2.76. The zero-order valence-corrected chi connectivity index (χ0v) is 9.87. The van der Waals surface area contributed by atoms with Gasteiger partial charge in [0.05, 0.1) is 16.8 Å². The van der Waals surface area contributed by atoms with Crippen LogP contribution < -0.4 is 10.6 Å². The van der Waals surface area contributed by atoms with E-state index in [0.717, 1.165) is 11.6 Å². The Bertz CT molecular complexity index is 410. The molecule has 1 amide bonds. The molecular formula is C10H10ClFN2OS. The van der Waals surface area contributed by atoms with Gasteiger partial charge in [-0.15, -0.1) is 11.8 Å². The minimum absolute atomic E-state index is 0.183.